The van der Waals surface area contributed by atoms with Crippen LogP contribution in [0.5, 0.6) is 0 Å². The molecule has 0 amide bonds. The molecule has 5 nitrogen and oxygen atoms in total. The summed E-state index contributed by atoms with van der Waals surface area (Å²) in [6.07, 6.45) is 0. The summed E-state index contributed by atoms with van der Waals surface area (Å²) < 4.78 is 3.54. The molecule has 0 radical (unpaired) electrons. The standard InChI is InChI=1S/C38H23N5S/c1-3-10-24(11-4-1)35-40-36(25-12-5-2-6-13-25)42-37(41-35)29-21-19-26-22-28(20-18-27(26)23-29)31-15-9-17-33-39-34-30-14-7-8-16-32(30)44-38(34)43(31)33/h1-23H. The number of thiophene rings is 1. The molecule has 4 aromatic heterocycles. The third-order valence-corrected chi connectivity index (χ3v) is 9.19. The third kappa shape index (κ3) is 4.07. The molecule has 0 saturated carbocycles. The van der Waals surface area contributed by atoms with Gasteiger partial charge >= 0.3 is 0 Å². The van der Waals surface area contributed by atoms with Crippen LogP contribution in [-0.4, -0.2) is 24.3 Å². The molecule has 44 heavy (non-hydrogen) atoms. The number of imidazole rings is 1. The minimum atomic E-state index is 0.652. The number of rotatable bonds is 4. The van der Waals surface area contributed by atoms with Crippen LogP contribution in [-0.2, 0) is 0 Å². The number of fused-ring (bicyclic) bond motifs is 6. The Labute approximate surface area is 256 Å². The van der Waals surface area contributed by atoms with E-state index in [1.807, 2.05) is 60.7 Å². The van der Waals surface area contributed by atoms with Gasteiger partial charge in [-0.2, -0.15) is 0 Å². The van der Waals surface area contributed by atoms with Crippen molar-refractivity contribution in [2.45, 2.75) is 0 Å². The summed E-state index contributed by atoms with van der Waals surface area (Å²) in [4.78, 5) is 20.8. The van der Waals surface area contributed by atoms with Gasteiger partial charge in [-0.25, -0.2) is 19.9 Å². The number of hydrogen-bond acceptors (Lipinski definition) is 5. The van der Waals surface area contributed by atoms with Crippen LogP contribution in [0, 0.1) is 0 Å². The largest absolute Gasteiger partial charge is 0.284 e. The highest BCUT2D eigenvalue weighted by Crippen LogP contribution is 2.37. The quantitative estimate of drug-likeness (QED) is 0.208. The molecule has 4 heterocycles. The number of hydrogen-bond donors (Lipinski definition) is 0. The van der Waals surface area contributed by atoms with Crippen LogP contribution < -0.4 is 0 Å². The molecule has 0 atom stereocenters. The Balaban J connectivity index is 1.16. The Morgan fingerprint density at radius 1 is 0.455 bits per heavy atom. The maximum absolute atomic E-state index is 5.01. The van der Waals surface area contributed by atoms with Gasteiger partial charge in [-0.15, -0.1) is 11.3 Å². The lowest BCUT2D eigenvalue weighted by Crippen LogP contribution is -2.00. The van der Waals surface area contributed by atoms with Crippen molar-refractivity contribution in [2.24, 2.45) is 0 Å². The lowest BCUT2D eigenvalue weighted by atomic mass is 10.0. The van der Waals surface area contributed by atoms with E-state index in [9.17, 15) is 0 Å². The van der Waals surface area contributed by atoms with Crippen molar-refractivity contribution in [3.63, 3.8) is 0 Å². The highest BCUT2D eigenvalue weighted by Gasteiger charge is 2.16. The summed E-state index contributed by atoms with van der Waals surface area (Å²) in [7, 11) is 0. The van der Waals surface area contributed by atoms with Gasteiger partial charge in [0.25, 0.3) is 0 Å². The van der Waals surface area contributed by atoms with Gasteiger partial charge in [-0.1, -0.05) is 109 Å². The lowest BCUT2D eigenvalue weighted by molar-refractivity contribution is 1.07. The molecule has 0 aliphatic rings. The van der Waals surface area contributed by atoms with Crippen molar-refractivity contribution in [3.05, 3.63) is 140 Å². The normalized spacial score (nSPS) is 11.6. The first-order valence-electron chi connectivity index (χ1n) is 14.5. The summed E-state index contributed by atoms with van der Waals surface area (Å²) in [6.45, 7) is 0. The van der Waals surface area contributed by atoms with E-state index in [1.165, 1.54) is 14.9 Å². The van der Waals surface area contributed by atoms with Crippen molar-refractivity contribution in [2.75, 3.05) is 0 Å². The van der Waals surface area contributed by atoms with Crippen LogP contribution in [0.1, 0.15) is 0 Å². The number of aromatic nitrogens is 5. The predicted octanol–water partition coefficient (Wildman–Crippen LogP) is 9.71. The smallest absolute Gasteiger partial charge is 0.164 e. The van der Waals surface area contributed by atoms with Crippen molar-refractivity contribution in [1.29, 1.82) is 0 Å². The number of pyridine rings is 1. The lowest BCUT2D eigenvalue weighted by Gasteiger charge is -2.10. The van der Waals surface area contributed by atoms with E-state index in [0.29, 0.717) is 17.5 Å². The first-order chi connectivity index (χ1) is 21.8. The molecule has 0 unspecified atom stereocenters. The van der Waals surface area contributed by atoms with Gasteiger partial charge in [0.1, 0.15) is 16.0 Å². The third-order valence-electron chi connectivity index (χ3n) is 8.04. The summed E-state index contributed by atoms with van der Waals surface area (Å²) in [5.41, 5.74) is 7.16. The van der Waals surface area contributed by atoms with E-state index in [-0.39, 0.29) is 0 Å². The second-order valence-electron chi connectivity index (χ2n) is 10.8. The minimum Gasteiger partial charge on any atom is -0.284 e. The van der Waals surface area contributed by atoms with Crippen molar-refractivity contribution in [3.8, 4) is 45.4 Å². The second kappa shape index (κ2) is 9.93. The zero-order valence-corrected chi connectivity index (χ0v) is 24.2. The van der Waals surface area contributed by atoms with Gasteiger partial charge in [-0.3, -0.25) is 4.40 Å². The summed E-state index contributed by atoms with van der Waals surface area (Å²) in [6, 6.07) is 48.0. The Hall–Kier alpha value is -5.72. The Kier molecular flexibility index (Phi) is 5.61. The predicted molar refractivity (Wildman–Crippen MR) is 181 cm³/mol. The topological polar surface area (TPSA) is 56.0 Å². The average molecular weight is 582 g/mol. The Morgan fingerprint density at radius 2 is 1.05 bits per heavy atom. The Bertz CT molecular complexity index is 2440. The first-order valence-corrected chi connectivity index (χ1v) is 15.3. The fourth-order valence-electron chi connectivity index (χ4n) is 5.90. The maximum atomic E-state index is 5.01. The SMILES string of the molecule is c1ccc(-c2nc(-c3ccccc3)nc(-c3ccc4cc(-c5cccc6nc7c8ccccc8sc7n56)ccc4c3)n2)cc1. The molecule has 0 aliphatic carbocycles. The monoisotopic (exact) mass is 581 g/mol. The van der Waals surface area contributed by atoms with Crippen LogP contribution >= 0.6 is 11.3 Å². The summed E-state index contributed by atoms with van der Waals surface area (Å²) >= 11 is 1.79. The highest BCUT2D eigenvalue weighted by molar-refractivity contribution is 7.25. The first kappa shape index (κ1) is 24.8. The zero-order valence-electron chi connectivity index (χ0n) is 23.4. The molecule has 0 N–H and O–H groups in total. The van der Waals surface area contributed by atoms with E-state index in [2.05, 4.69) is 83.3 Å². The average Bonchev–Trinajstić information content (AvgIpc) is 3.64. The molecule has 0 spiro atoms. The van der Waals surface area contributed by atoms with Crippen molar-refractivity contribution in [1.82, 2.24) is 24.3 Å². The molecule has 9 rings (SSSR count). The molecule has 0 bridgehead atoms. The van der Waals surface area contributed by atoms with Gasteiger partial charge in [-0.05, 0) is 46.7 Å². The van der Waals surface area contributed by atoms with E-state index in [1.54, 1.807) is 11.3 Å². The van der Waals surface area contributed by atoms with Crippen LogP contribution in [0.2, 0.25) is 0 Å². The zero-order chi connectivity index (χ0) is 29.0. The molecular weight excluding hydrogens is 559 g/mol. The molecule has 206 valence electrons. The number of nitrogens with zero attached hydrogens (tertiary/aromatic N) is 5. The van der Waals surface area contributed by atoms with Gasteiger partial charge in [0.2, 0.25) is 0 Å². The van der Waals surface area contributed by atoms with Crippen LogP contribution in [0.4, 0.5) is 0 Å². The second-order valence-corrected chi connectivity index (χ2v) is 11.8. The van der Waals surface area contributed by atoms with Crippen LogP contribution in [0.25, 0.3) is 82.3 Å². The highest BCUT2D eigenvalue weighted by atomic mass is 32.1. The maximum Gasteiger partial charge on any atom is 0.164 e. The van der Waals surface area contributed by atoms with Crippen LogP contribution in [0.15, 0.2) is 140 Å². The summed E-state index contributed by atoms with van der Waals surface area (Å²) in [5, 5.41) is 3.48. The van der Waals surface area contributed by atoms with Gasteiger partial charge in [0.05, 0.1) is 5.69 Å². The van der Waals surface area contributed by atoms with E-state index >= 15 is 0 Å². The minimum absolute atomic E-state index is 0.652. The molecule has 5 aromatic carbocycles. The van der Waals surface area contributed by atoms with E-state index < -0.39 is 0 Å². The molecule has 9 aromatic rings. The molecular formula is C38H23N5S. The van der Waals surface area contributed by atoms with Crippen molar-refractivity contribution < 1.29 is 0 Å². The Morgan fingerprint density at radius 3 is 1.75 bits per heavy atom. The fourth-order valence-corrected chi connectivity index (χ4v) is 7.06. The van der Waals surface area contributed by atoms with E-state index in [0.717, 1.165) is 49.9 Å². The molecule has 0 fully saturated rings. The molecule has 0 saturated heterocycles. The van der Waals surface area contributed by atoms with Gasteiger partial charge in [0.15, 0.2) is 17.5 Å². The molecule has 6 heteroatoms. The number of benzene rings is 5. The van der Waals surface area contributed by atoms with Gasteiger partial charge in [0, 0.05) is 26.8 Å². The molecule has 0 aliphatic heterocycles. The van der Waals surface area contributed by atoms with E-state index in [4.69, 9.17) is 19.9 Å². The van der Waals surface area contributed by atoms with Crippen molar-refractivity contribution >= 4 is 48.2 Å². The fraction of sp³-hybridized carbons (Fsp3) is 0. The van der Waals surface area contributed by atoms with Crippen LogP contribution in [0.3, 0.4) is 0 Å². The summed E-state index contributed by atoms with van der Waals surface area (Å²) in [5.74, 6) is 1.97. The van der Waals surface area contributed by atoms with Gasteiger partial charge < -0.3 is 0 Å².